The second-order valence-corrected chi connectivity index (χ2v) is 5.63. The summed E-state index contributed by atoms with van der Waals surface area (Å²) in [6.45, 7) is 1.44. The Balaban J connectivity index is 1.65. The molecule has 0 aliphatic carbocycles. The number of carbonyl (C=O) groups is 1. The van der Waals surface area contributed by atoms with Crippen LogP contribution in [0.15, 0.2) is 42.5 Å². The van der Waals surface area contributed by atoms with Crippen molar-refractivity contribution in [3.05, 3.63) is 59.5 Å². The van der Waals surface area contributed by atoms with Gasteiger partial charge < -0.3 is 4.90 Å². The summed E-state index contributed by atoms with van der Waals surface area (Å²) in [5.41, 5.74) is 0.960. The van der Waals surface area contributed by atoms with Crippen LogP contribution in [-0.4, -0.2) is 23.9 Å². The zero-order valence-electron chi connectivity index (χ0n) is 12.6. The van der Waals surface area contributed by atoms with Crippen LogP contribution in [0, 0.1) is 23.1 Å². The van der Waals surface area contributed by atoms with Gasteiger partial charge in [0.15, 0.2) is 5.78 Å². The summed E-state index contributed by atoms with van der Waals surface area (Å²) in [5.74, 6) is 0.468. The zero-order valence-corrected chi connectivity index (χ0v) is 12.6. The Kier molecular flexibility index (Phi) is 4.33. The minimum atomic E-state index is -0.334. The van der Waals surface area contributed by atoms with Crippen LogP contribution >= 0.6 is 0 Å². The summed E-state index contributed by atoms with van der Waals surface area (Å²) in [6.07, 6.45) is 1.46. The Morgan fingerprint density at radius 1 is 1.17 bits per heavy atom. The van der Waals surface area contributed by atoms with Crippen molar-refractivity contribution in [1.82, 2.24) is 4.98 Å². The molecule has 1 saturated heterocycles. The lowest BCUT2D eigenvalue weighted by molar-refractivity contribution is 0.0900. The summed E-state index contributed by atoms with van der Waals surface area (Å²) < 4.78 is 12.9. The number of aromatic nitrogens is 1. The molecule has 1 aliphatic rings. The molecule has 1 aromatic heterocycles. The Morgan fingerprint density at radius 3 is 2.52 bits per heavy atom. The largest absolute Gasteiger partial charge is 0.357 e. The van der Waals surface area contributed by atoms with Crippen molar-refractivity contribution in [2.75, 3.05) is 18.0 Å². The molecule has 0 radical (unpaired) electrons. The first-order valence-corrected chi connectivity index (χ1v) is 7.59. The normalized spacial score (nSPS) is 15.2. The van der Waals surface area contributed by atoms with Crippen LogP contribution < -0.4 is 4.90 Å². The molecule has 4 nitrogen and oxygen atoms in total. The highest BCUT2D eigenvalue weighted by Crippen LogP contribution is 2.25. The number of hydrogen-bond donors (Lipinski definition) is 0. The maximum Gasteiger partial charge on any atom is 0.166 e. The van der Waals surface area contributed by atoms with E-state index >= 15 is 0 Å². The second-order valence-electron chi connectivity index (χ2n) is 5.63. The maximum atomic E-state index is 12.9. The molecule has 0 saturated carbocycles. The molecule has 23 heavy (non-hydrogen) atoms. The van der Waals surface area contributed by atoms with Crippen molar-refractivity contribution < 1.29 is 9.18 Å². The van der Waals surface area contributed by atoms with E-state index in [-0.39, 0.29) is 17.5 Å². The number of carbonyl (C=O) groups excluding carboxylic acids is 1. The number of hydrogen-bond acceptors (Lipinski definition) is 4. The molecule has 1 aromatic carbocycles. The number of anilines is 1. The number of nitrogens with zero attached hydrogens (tertiary/aromatic N) is 3. The summed E-state index contributed by atoms with van der Waals surface area (Å²) in [7, 11) is 0. The molecule has 1 fully saturated rings. The van der Waals surface area contributed by atoms with Gasteiger partial charge in [-0.05, 0) is 49.2 Å². The van der Waals surface area contributed by atoms with Gasteiger partial charge in [-0.25, -0.2) is 9.37 Å². The van der Waals surface area contributed by atoms with Gasteiger partial charge in [0.2, 0.25) is 0 Å². The molecule has 0 unspecified atom stereocenters. The number of ketones is 1. The monoisotopic (exact) mass is 309 g/mol. The first-order valence-electron chi connectivity index (χ1n) is 7.59. The Morgan fingerprint density at radius 2 is 1.87 bits per heavy atom. The number of pyridine rings is 1. The first kappa shape index (κ1) is 15.2. The molecule has 2 aromatic rings. The van der Waals surface area contributed by atoms with Crippen molar-refractivity contribution in [3.63, 3.8) is 0 Å². The van der Waals surface area contributed by atoms with Crippen molar-refractivity contribution in [2.24, 2.45) is 5.92 Å². The highest BCUT2D eigenvalue weighted by atomic mass is 19.1. The van der Waals surface area contributed by atoms with Gasteiger partial charge in [-0.1, -0.05) is 6.07 Å². The van der Waals surface area contributed by atoms with E-state index < -0.39 is 0 Å². The van der Waals surface area contributed by atoms with E-state index in [2.05, 4.69) is 9.88 Å². The molecule has 3 rings (SSSR count). The Bertz CT molecular complexity index is 744. The van der Waals surface area contributed by atoms with E-state index in [9.17, 15) is 9.18 Å². The van der Waals surface area contributed by atoms with E-state index in [4.69, 9.17) is 5.26 Å². The SMILES string of the molecule is N#Cc1cccc(N2CCC(C(=O)c3ccc(F)cc3)CC2)n1. The third-order valence-electron chi connectivity index (χ3n) is 4.17. The minimum Gasteiger partial charge on any atom is -0.357 e. The molecule has 0 atom stereocenters. The van der Waals surface area contributed by atoms with Gasteiger partial charge in [0.1, 0.15) is 23.4 Å². The standard InChI is InChI=1S/C18H16FN3O/c19-15-6-4-13(5-7-15)18(23)14-8-10-22(11-9-14)17-3-1-2-16(12-20)21-17/h1-7,14H,8-11H2. The van der Waals surface area contributed by atoms with Crippen LogP contribution in [-0.2, 0) is 0 Å². The summed E-state index contributed by atoms with van der Waals surface area (Å²) in [5, 5.41) is 8.92. The highest BCUT2D eigenvalue weighted by Gasteiger charge is 2.26. The predicted molar refractivity (Wildman–Crippen MR) is 84.6 cm³/mol. The fraction of sp³-hybridized carbons (Fsp3) is 0.278. The van der Waals surface area contributed by atoms with Crippen molar-refractivity contribution in [3.8, 4) is 6.07 Å². The summed E-state index contributed by atoms with van der Waals surface area (Å²) >= 11 is 0. The molecular weight excluding hydrogens is 293 g/mol. The van der Waals surface area contributed by atoms with E-state index in [1.807, 2.05) is 18.2 Å². The number of halogens is 1. The molecule has 0 N–H and O–H groups in total. The highest BCUT2D eigenvalue weighted by molar-refractivity contribution is 5.97. The molecule has 0 amide bonds. The summed E-state index contributed by atoms with van der Waals surface area (Å²) in [6, 6.07) is 13.1. The van der Waals surface area contributed by atoms with E-state index in [1.54, 1.807) is 18.2 Å². The fourth-order valence-corrected chi connectivity index (χ4v) is 2.88. The van der Waals surface area contributed by atoms with Crippen LogP contribution in [0.4, 0.5) is 10.2 Å². The lowest BCUT2D eigenvalue weighted by Gasteiger charge is -2.32. The van der Waals surface area contributed by atoms with E-state index in [0.29, 0.717) is 11.3 Å². The zero-order chi connectivity index (χ0) is 16.2. The van der Waals surface area contributed by atoms with Gasteiger partial charge >= 0.3 is 0 Å². The van der Waals surface area contributed by atoms with Crippen LogP contribution in [0.1, 0.15) is 28.9 Å². The average Bonchev–Trinajstić information content (AvgIpc) is 2.62. The fourth-order valence-electron chi connectivity index (χ4n) is 2.88. The lowest BCUT2D eigenvalue weighted by atomic mass is 9.89. The molecule has 116 valence electrons. The molecular formula is C18H16FN3O. The molecule has 5 heteroatoms. The number of Topliss-reactive ketones (excluding diaryl/α,β-unsaturated/α-hetero) is 1. The van der Waals surface area contributed by atoms with Crippen molar-refractivity contribution in [1.29, 1.82) is 5.26 Å². The quantitative estimate of drug-likeness (QED) is 0.817. The van der Waals surface area contributed by atoms with Crippen molar-refractivity contribution in [2.45, 2.75) is 12.8 Å². The van der Waals surface area contributed by atoms with Gasteiger partial charge in [-0.2, -0.15) is 5.26 Å². The molecule has 1 aliphatic heterocycles. The Labute approximate surface area is 134 Å². The Hall–Kier alpha value is -2.74. The van der Waals surface area contributed by atoms with E-state index in [1.165, 1.54) is 12.1 Å². The van der Waals surface area contributed by atoms with E-state index in [0.717, 1.165) is 31.7 Å². The molecule has 0 spiro atoms. The first-order chi connectivity index (χ1) is 11.2. The van der Waals surface area contributed by atoms with Gasteiger partial charge in [0, 0.05) is 24.6 Å². The maximum absolute atomic E-state index is 12.9. The van der Waals surface area contributed by atoms with Gasteiger partial charge in [0.25, 0.3) is 0 Å². The number of benzene rings is 1. The second kappa shape index (κ2) is 6.57. The third kappa shape index (κ3) is 3.37. The third-order valence-corrected chi connectivity index (χ3v) is 4.17. The smallest absolute Gasteiger partial charge is 0.166 e. The van der Waals surface area contributed by atoms with Gasteiger partial charge in [0.05, 0.1) is 0 Å². The number of nitriles is 1. The topological polar surface area (TPSA) is 57.0 Å². The van der Waals surface area contributed by atoms with Crippen molar-refractivity contribution >= 4 is 11.6 Å². The summed E-state index contributed by atoms with van der Waals surface area (Å²) in [4.78, 5) is 18.8. The van der Waals surface area contributed by atoms with Crippen LogP contribution in [0.2, 0.25) is 0 Å². The molecule has 0 bridgehead atoms. The van der Waals surface area contributed by atoms with Crippen LogP contribution in [0.3, 0.4) is 0 Å². The van der Waals surface area contributed by atoms with Gasteiger partial charge in [-0.3, -0.25) is 4.79 Å². The van der Waals surface area contributed by atoms with Gasteiger partial charge in [-0.15, -0.1) is 0 Å². The minimum absolute atomic E-state index is 0.0455. The van der Waals surface area contributed by atoms with Crippen LogP contribution in [0.5, 0.6) is 0 Å². The van der Waals surface area contributed by atoms with Crippen LogP contribution in [0.25, 0.3) is 0 Å². The number of piperidine rings is 1. The predicted octanol–water partition coefficient (Wildman–Crippen LogP) is 3.19. The lowest BCUT2D eigenvalue weighted by Crippen LogP contribution is -2.36. The molecule has 2 heterocycles. The number of rotatable bonds is 3. The average molecular weight is 309 g/mol.